The number of hydrogen-bond donors (Lipinski definition) is 3. The van der Waals surface area contributed by atoms with E-state index in [-0.39, 0.29) is 30.2 Å². The summed E-state index contributed by atoms with van der Waals surface area (Å²) in [6, 6.07) is 8.37. The molecular formula is C23H25F4N3O4. The van der Waals surface area contributed by atoms with E-state index in [1.54, 1.807) is 6.07 Å². The Morgan fingerprint density at radius 2 is 1.91 bits per heavy atom. The van der Waals surface area contributed by atoms with Crippen LogP contribution >= 0.6 is 0 Å². The van der Waals surface area contributed by atoms with E-state index < -0.39 is 36.3 Å². The fraction of sp³-hybridized carbons (Fsp3) is 0.391. The van der Waals surface area contributed by atoms with Crippen molar-refractivity contribution < 1.29 is 36.6 Å². The number of amides is 2. The first-order valence-electron chi connectivity index (χ1n) is 10.6. The van der Waals surface area contributed by atoms with E-state index in [2.05, 4.69) is 20.7 Å². The molecule has 184 valence electrons. The molecule has 3 atom stereocenters. The van der Waals surface area contributed by atoms with Crippen LogP contribution in [-0.2, 0) is 16.0 Å². The molecule has 1 fully saturated rings. The standard InChI is InChI=1S/C23H25F4N3O4/c1-3-17(14-5-7-15(8-6-14)34-23(25,26)27)29-22(32)18-12-21(31)30-20(28-18)11-13-4-9-19(33-2)16(24)10-13/h4-10,17-18,20,28H,3,11-12H2,1-2H3,(H,29,32)(H,30,31)/t17-,18?,20?/m1/s1. The largest absolute Gasteiger partial charge is 0.573 e. The summed E-state index contributed by atoms with van der Waals surface area (Å²) in [6.45, 7) is 1.81. The number of halogens is 4. The summed E-state index contributed by atoms with van der Waals surface area (Å²) in [5.74, 6) is -1.55. The highest BCUT2D eigenvalue weighted by atomic mass is 19.4. The topological polar surface area (TPSA) is 88.7 Å². The van der Waals surface area contributed by atoms with Gasteiger partial charge in [0.1, 0.15) is 5.75 Å². The Morgan fingerprint density at radius 1 is 1.21 bits per heavy atom. The molecule has 34 heavy (non-hydrogen) atoms. The summed E-state index contributed by atoms with van der Waals surface area (Å²) in [5, 5.41) is 8.61. The maximum atomic E-state index is 14.0. The number of hydrogen-bond acceptors (Lipinski definition) is 5. The quantitative estimate of drug-likeness (QED) is 0.502. The van der Waals surface area contributed by atoms with Gasteiger partial charge in [-0.15, -0.1) is 13.2 Å². The first-order valence-corrected chi connectivity index (χ1v) is 10.6. The summed E-state index contributed by atoms with van der Waals surface area (Å²) >= 11 is 0. The van der Waals surface area contributed by atoms with E-state index in [9.17, 15) is 27.2 Å². The van der Waals surface area contributed by atoms with Gasteiger partial charge in [0.2, 0.25) is 11.8 Å². The van der Waals surface area contributed by atoms with Crippen molar-refractivity contribution in [3.63, 3.8) is 0 Å². The van der Waals surface area contributed by atoms with Crippen molar-refractivity contribution in [2.24, 2.45) is 0 Å². The van der Waals surface area contributed by atoms with Crippen LogP contribution in [0, 0.1) is 5.82 Å². The summed E-state index contributed by atoms with van der Waals surface area (Å²) in [6.07, 6.45) is -4.76. The minimum atomic E-state index is -4.79. The predicted molar refractivity (Wildman–Crippen MR) is 114 cm³/mol. The van der Waals surface area contributed by atoms with Crippen molar-refractivity contribution in [3.8, 4) is 11.5 Å². The summed E-state index contributed by atoms with van der Waals surface area (Å²) in [5.41, 5.74) is 1.20. The molecule has 1 saturated heterocycles. The van der Waals surface area contributed by atoms with Crippen molar-refractivity contribution in [1.82, 2.24) is 16.0 Å². The van der Waals surface area contributed by atoms with Crippen molar-refractivity contribution in [2.45, 2.75) is 50.8 Å². The molecule has 0 aliphatic carbocycles. The third-order valence-corrected chi connectivity index (χ3v) is 5.34. The van der Waals surface area contributed by atoms with Gasteiger partial charge in [0.15, 0.2) is 11.6 Å². The van der Waals surface area contributed by atoms with Gasteiger partial charge in [-0.3, -0.25) is 14.9 Å². The third-order valence-electron chi connectivity index (χ3n) is 5.34. The predicted octanol–water partition coefficient (Wildman–Crippen LogP) is 3.35. The Morgan fingerprint density at radius 3 is 2.50 bits per heavy atom. The summed E-state index contributed by atoms with van der Waals surface area (Å²) in [4.78, 5) is 25.1. The van der Waals surface area contributed by atoms with Crippen LogP contribution in [0.25, 0.3) is 0 Å². The number of alkyl halides is 3. The zero-order chi connectivity index (χ0) is 24.9. The lowest BCUT2D eigenvalue weighted by atomic mass is 10.0. The molecule has 1 aliphatic heterocycles. The second-order valence-electron chi connectivity index (χ2n) is 7.80. The molecule has 0 spiro atoms. The molecule has 1 heterocycles. The Kier molecular flexibility index (Phi) is 7.98. The Hall–Kier alpha value is -3.34. The van der Waals surface area contributed by atoms with Gasteiger partial charge in [-0.05, 0) is 41.8 Å². The van der Waals surface area contributed by atoms with Crippen LogP contribution in [0.2, 0.25) is 0 Å². The number of benzene rings is 2. The van der Waals surface area contributed by atoms with E-state index in [0.29, 0.717) is 17.5 Å². The monoisotopic (exact) mass is 483 g/mol. The van der Waals surface area contributed by atoms with Crippen LogP contribution in [0.5, 0.6) is 11.5 Å². The molecule has 3 N–H and O–H groups in total. The van der Waals surface area contributed by atoms with Crippen molar-refractivity contribution >= 4 is 11.8 Å². The lowest BCUT2D eigenvalue weighted by Gasteiger charge is -2.32. The van der Waals surface area contributed by atoms with Gasteiger partial charge in [0.25, 0.3) is 0 Å². The fourth-order valence-corrected chi connectivity index (χ4v) is 3.73. The smallest absolute Gasteiger partial charge is 0.494 e. The number of carbonyl (C=O) groups excluding carboxylic acids is 2. The molecule has 1 aliphatic rings. The summed E-state index contributed by atoms with van der Waals surface area (Å²) < 4.78 is 59.8. The van der Waals surface area contributed by atoms with Crippen LogP contribution < -0.4 is 25.4 Å². The first-order chi connectivity index (χ1) is 16.1. The van der Waals surface area contributed by atoms with E-state index in [1.807, 2.05) is 6.92 Å². The average molecular weight is 483 g/mol. The number of nitrogens with one attached hydrogen (secondary N) is 3. The minimum absolute atomic E-state index is 0.0892. The Labute approximate surface area is 193 Å². The second kappa shape index (κ2) is 10.7. The van der Waals surface area contributed by atoms with Crippen molar-refractivity contribution in [3.05, 3.63) is 59.4 Å². The molecular weight excluding hydrogens is 458 g/mol. The number of carbonyl (C=O) groups is 2. The SMILES string of the molecule is CC[C@@H](NC(=O)C1CC(=O)NC(Cc2ccc(OC)c(F)c2)N1)c1ccc(OC(F)(F)F)cc1. The van der Waals surface area contributed by atoms with E-state index >= 15 is 0 Å². The molecule has 2 amide bonds. The highest BCUT2D eigenvalue weighted by Gasteiger charge is 2.32. The van der Waals surface area contributed by atoms with E-state index in [1.165, 1.54) is 43.5 Å². The van der Waals surface area contributed by atoms with Crippen LogP contribution in [-0.4, -0.2) is 37.5 Å². The first kappa shape index (κ1) is 25.3. The molecule has 2 unspecified atom stereocenters. The Balaban J connectivity index is 1.63. The highest BCUT2D eigenvalue weighted by molar-refractivity contribution is 5.89. The third kappa shape index (κ3) is 6.83. The van der Waals surface area contributed by atoms with Crippen LogP contribution in [0.15, 0.2) is 42.5 Å². The lowest BCUT2D eigenvalue weighted by Crippen LogP contribution is -2.61. The van der Waals surface area contributed by atoms with Gasteiger partial charge in [0, 0.05) is 6.42 Å². The van der Waals surface area contributed by atoms with E-state index in [0.717, 1.165) is 0 Å². The average Bonchev–Trinajstić information content (AvgIpc) is 2.76. The fourth-order valence-electron chi connectivity index (χ4n) is 3.73. The number of methoxy groups -OCH3 is 1. The molecule has 3 rings (SSSR count). The second-order valence-corrected chi connectivity index (χ2v) is 7.80. The van der Waals surface area contributed by atoms with Gasteiger partial charge in [-0.25, -0.2) is 4.39 Å². The van der Waals surface area contributed by atoms with Gasteiger partial charge >= 0.3 is 6.36 Å². The molecule has 7 nitrogen and oxygen atoms in total. The lowest BCUT2D eigenvalue weighted by molar-refractivity contribution is -0.274. The van der Waals surface area contributed by atoms with Gasteiger partial charge in [0.05, 0.1) is 31.8 Å². The molecule has 2 aromatic carbocycles. The minimum Gasteiger partial charge on any atom is -0.494 e. The van der Waals surface area contributed by atoms with Crippen molar-refractivity contribution in [2.75, 3.05) is 7.11 Å². The van der Waals surface area contributed by atoms with Gasteiger partial charge in [-0.2, -0.15) is 0 Å². The van der Waals surface area contributed by atoms with E-state index in [4.69, 9.17) is 4.74 Å². The molecule has 0 bridgehead atoms. The summed E-state index contributed by atoms with van der Waals surface area (Å²) in [7, 11) is 1.36. The molecule has 11 heteroatoms. The van der Waals surface area contributed by atoms with Gasteiger partial charge in [-0.1, -0.05) is 25.1 Å². The highest BCUT2D eigenvalue weighted by Crippen LogP contribution is 2.25. The maximum Gasteiger partial charge on any atom is 0.573 e. The van der Waals surface area contributed by atoms with Crippen LogP contribution in [0.3, 0.4) is 0 Å². The normalized spacial score (nSPS) is 19.2. The zero-order valence-corrected chi connectivity index (χ0v) is 18.5. The number of rotatable bonds is 8. The molecule has 2 aromatic rings. The van der Waals surface area contributed by atoms with Gasteiger partial charge < -0.3 is 20.1 Å². The van der Waals surface area contributed by atoms with Crippen molar-refractivity contribution in [1.29, 1.82) is 0 Å². The zero-order valence-electron chi connectivity index (χ0n) is 18.5. The molecule has 0 radical (unpaired) electrons. The Bertz CT molecular complexity index is 1010. The van der Waals surface area contributed by atoms with Crippen LogP contribution in [0.1, 0.15) is 36.9 Å². The van der Waals surface area contributed by atoms with Crippen LogP contribution in [0.4, 0.5) is 17.6 Å². The molecule has 0 aromatic heterocycles. The molecule has 0 saturated carbocycles. The number of ether oxygens (including phenoxy) is 2. The maximum absolute atomic E-state index is 14.0.